The Morgan fingerprint density at radius 1 is 1.44 bits per heavy atom. The van der Waals surface area contributed by atoms with Gasteiger partial charge in [0.05, 0.1) is 5.02 Å². The summed E-state index contributed by atoms with van der Waals surface area (Å²) in [6, 6.07) is 6.70. The van der Waals surface area contributed by atoms with Crippen LogP contribution in [0.4, 0.5) is 4.39 Å². The van der Waals surface area contributed by atoms with E-state index < -0.39 is 0 Å². The Morgan fingerprint density at radius 3 is 2.83 bits per heavy atom. The van der Waals surface area contributed by atoms with Crippen LogP contribution < -0.4 is 5.32 Å². The van der Waals surface area contributed by atoms with E-state index in [-0.39, 0.29) is 11.9 Å². The molecule has 0 aliphatic rings. The average Bonchev–Trinajstić information content (AvgIpc) is 2.77. The molecule has 0 aliphatic heterocycles. The quantitative estimate of drug-likeness (QED) is 0.836. The van der Waals surface area contributed by atoms with Crippen LogP contribution in [0, 0.1) is 5.82 Å². The molecule has 0 fully saturated rings. The van der Waals surface area contributed by atoms with Gasteiger partial charge in [-0.1, -0.05) is 27.5 Å². The Hall–Kier alpha value is -0.420. The van der Waals surface area contributed by atoms with Crippen molar-refractivity contribution >= 4 is 38.9 Å². The zero-order valence-corrected chi connectivity index (χ0v) is 12.9. The molecule has 5 heteroatoms. The Kier molecular flexibility index (Phi) is 4.78. The third-order valence-corrected chi connectivity index (χ3v) is 4.99. The predicted octanol–water partition coefficient (Wildman–Crippen LogP) is 4.81. The van der Waals surface area contributed by atoms with Crippen LogP contribution in [0.5, 0.6) is 0 Å². The molecule has 2 aromatic rings. The largest absolute Gasteiger partial charge is 0.312 e. The van der Waals surface area contributed by atoms with E-state index in [1.165, 1.54) is 6.07 Å². The maximum Gasteiger partial charge on any atom is 0.123 e. The molecule has 0 saturated heterocycles. The molecule has 0 radical (unpaired) electrons. The summed E-state index contributed by atoms with van der Waals surface area (Å²) in [4.78, 5) is 1.08. The summed E-state index contributed by atoms with van der Waals surface area (Å²) in [6.45, 7) is 0. The SMILES string of the molecule is CNC(Cc1cc(F)ccc1Br)c1sccc1Cl. The van der Waals surface area contributed by atoms with Crippen molar-refractivity contribution in [2.75, 3.05) is 7.05 Å². The number of thiophene rings is 1. The Bertz CT molecular complexity index is 544. The van der Waals surface area contributed by atoms with Crippen molar-refractivity contribution in [2.45, 2.75) is 12.5 Å². The molecule has 0 spiro atoms. The first-order chi connectivity index (χ1) is 8.61. The van der Waals surface area contributed by atoms with E-state index >= 15 is 0 Å². The normalized spacial score (nSPS) is 12.7. The first kappa shape index (κ1) is 14.0. The van der Waals surface area contributed by atoms with Crippen LogP contribution in [-0.4, -0.2) is 7.05 Å². The topological polar surface area (TPSA) is 12.0 Å². The maximum atomic E-state index is 13.3. The van der Waals surface area contributed by atoms with E-state index in [0.29, 0.717) is 6.42 Å². The average molecular weight is 349 g/mol. The van der Waals surface area contributed by atoms with E-state index in [1.807, 2.05) is 18.5 Å². The predicted molar refractivity (Wildman–Crippen MR) is 78.9 cm³/mol. The van der Waals surface area contributed by atoms with Crippen LogP contribution in [0.3, 0.4) is 0 Å². The molecule has 1 aromatic carbocycles. The van der Waals surface area contributed by atoms with Gasteiger partial charge >= 0.3 is 0 Å². The molecule has 96 valence electrons. The Morgan fingerprint density at radius 2 is 2.22 bits per heavy atom. The molecule has 0 bridgehead atoms. The Labute approximate surface area is 123 Å². The second-order valence-electron chi connectivity index (χ2n) is 3.91. The molecule has 1 unspecified atom stereocenters. The lowest BCUT2D eigenvalue weighted by atomic mass is 10.0. The molecule has 2 rings (SSSR count). The molecule has 1 N–H and O–H groups in total. The fraction of sp³-hybridized carbons (Fsp3) is 0.231. The van der Waals surface area contributed by atoms with Crippen molar-refractivity contribution < 1.29 is 4.39 Å². The Balaban J connectivity index is 2.26. The third-order valence-electron chi connectivity index (χ3n) is 2.74. The van der Waals surface area contributed by atoms with Crippen molar-refractivity contribution in [2.24, 2.45) is 0 Å². The molecular formula is C13H12BrClFNS. The number of hydrogen-bond donors (Lipinski definition) is 1. The lowest BCUT2D eigenvalue weighted by Crippen LogP contribution is -2.18. The van der Waals surface area contributed by atoms with Gasteiger partial charge < -0.3 is 5.32 Å². The van der Waals surface area contributed by atoms with E-state index in [0.717, 1.165) is 19.9 Å². The minimum atomic E-state index is -0.222. The van der Waals surface area contributed by atoms with Crippen molar-refractivity contribution in [1.82, 2.24) is 5.32 Å². The molecular weight excluding hydrogens is 337 g/mol. The molecule has 1 atom stereocenters. The standard InChI is InChI=1S/C13H12BrClFNS/c1-17-12(13-11(15)4-5-18-13)7-8-6-9(16)2-3-10(8)14/h2-6,12,17H,7H2,1H3. The minimum Gasteiger partial charge on any atom is -0.312 e. The third kappa shape index (κ3) is 3.12. The van der Waals surface area contributed by atoms with Crippen molar-refractivity contribution in [1.29, 1.82) is 0 Å². The van der Waals surface area contributed by atoms with Gasteiger partial charge in [-0.25, -0.2) is 4.39 Å². The summed E-state index contributed by atoms with van der Waals surface area (Å²) in [5.41, 5.74) is 0.929. The monoisotopic (exact) mass is 347 g/mol. The zero-order valence-electron chi connectivity index (χ0n) is 9.71. The van der Waals surface area contributed by atoms with E-state index in [4.69, 9.17) is 11.6 Å². The van der Waals surface area contributed by atoms with Crippen molar-refractivity contribution in [3.05, 3.63) is 55.4 Å². The van der Waals surface area contributed by atoms with Gasteiger partial charge in [0, 0.05) is 15.4 Å². The van der Waals surface area contributed by atoms with Crippen LogP contribution >= 0.6 is 38.9 Å². The number of halogens is 3. The molecule has 0 aliphatic carbocycles. The molecule has 1 aromatic heterocycles. The highest BCUT2D eigenvalue weighted by atomic mass is 79.9. The summed E-state index contributed by atoms with van der Waals surface area (Å²) in [5.74, 6) is -0.222. The lowest BCUT2D eigenvalue weighted by molar-refractivity contribution is 0.591. The fourth-order valence-electron chi connectivity index (χ4n) is 1.80. The van der Waals surface area contributed by atoms with Crippen LogP contribution in [0.2, 0.25) is 5.02 Å². The number of benzene rings is 1. The highest BCUT2D eigenvalue weighted by Crippen LogP contribution is 2.32. The minimum absolute atomic E-state index is 0.0931. The van der Waals surface area contributed by atoms with Gasteiger partial charge in [0.25, 0.3) is 0 Å². The van der Waals surface area contributed by atoms with Crippen LogP contribution in [0.1, 0.15) is 16.5 Å². The highest BCUT2D eigenvalue weighted by molar-refractivity contribution is 9.10. The molecule has 1 nitrogen and oxygen atoms in total. The first-order valence-corrected chi connectivity index (χ1v) is 7.51. The number of likely N-dealkylation sites (N-methyl/N-ethyl adjacent to an activating group) is 1. The van der Waals surface area contributed by atoms with Gasteiger partial charge in [0.15, 0.2) is 0 Å². The summed E-state index contributed by atoms with van der Waals surface area (Å²) < 4.78 is 14.2. The van der Waals surface area contributed by atoms with Crippen LogP contribution in [0.15, 0.2) is 34.1 Å². The number of rotatable bonds is 4. The fourth-order valence-corrected chi connectivity index (χ4v) is 3.51. The number of nitrogens with one attached hydrogen (secondary N) is 1. The van der Waals surface area contributed by atoms with E-state index in [9.17, 15) is 4.39 Å². The summed E-state index contributed by atoms with van der Waals surface area (Å²) >= 11 is 11.2. The maximum absolute atomic E-state index is 13.3. The van der Waals surface area contributed by atoms with Gasteiger partial charge in [-0.3, -0.25) is 0 Å². The molecule has 1 heterocycles. The van der Waals surface area contributed by atoms with Crippen molar-refractivity contribution in [3.8, 4) is 0 Å². The van der Waals surface area contributed by atoms with Crippen LogP contribution in [-0.2, 0) is 6.42 Å². The molecule has 0 amide bonds. The van der Waals surface area contributed by atoms with Crippen molar-refractivity contribution in [3.63, 3.8) is 0 Å². The summed E-state index contributed by atoms with van der Waals surface area (Å²) in [5, 5.41) is 5.94. The van der Waals surface area contributed by atoms with Gasteiger partial charge in [-0.15, -0.1) is 11.3 Å². The highest BCUT2D eigenvalue weighted by Gasteiger charge is 2.16. The van der Waals surface area contributed by atoms with E-state index in [2.05, 4.69) is 21.2 Å². The van der Waals surface area contributed by atoms with Gasteiger partial charge in [-0.05, 0) is 48.7 Å². The van der Waals surface area contributed by atoms with Gasteiger partial charge in [-0.2, -0.15) is 0 Å². The summed E-state index contributed by atoms with van der Waals surface area (Å²) in [7, 11) is 1.88. The number of hydrogen-bond acceptors (Lipinski definition) is 2. The molecule has 0 saturated carbocycles. The van der Waals surface area contributed by atoms with Crippen LogP contribution in [0.25, 0.3) is 0 Å². The summed E-state index contributed by atoms with van der Waals surface area (Å²) in [6.07, 6.45) is 0.690. The second-order valence-corrected chi connectivity index (χ2v) is 6.12. The van der Waals surface area contributed by atoms with Gasteiger partial charge in [0.2, 0.25) is 0 Å². The smallest absolute Gasteiger partial charge is 0.123 e. The first-order valence-electron chi connectivity index (χ1n) is 5.46. The zero-order chi connectivity index (χ0) is 13.1. The van der Waals surface area contributed by atoms with Gasteiger partial charge in [0.1, 0.15) is 5.82 Å². The van der Waals surface area contributed by atoms with E-state index in [1.54, 1.807) is 23.5 Å². The second kappa shape index (κ2) is 6.15. The molecule has 18 heavy (non-hydrogen) atoms. The lowest BCUT2D eigenvalue weighted by Gasteiger charge is -2.16.